The highest BCUT2D eigenvalue weighted by atomic mass is 16.5. The van der Waals surface area contributed by atoms with Crippen molar-refractivity contribution < 1.29 is 4.74 Å². The van der Waals surface area contributed by atoms with Gasteiger partial charge < -0.3 is 39.5 Å². The molecule has 5 aliphatic heterocycles. The Balaban J connectivity index is -0.000000161. The van der Waals surface area contributed by atoms with Gasteiger partial charge in [0.2, 0.25) is 0 Å². The first kappa shape index (κ1) is 78.1. The van der Waals surface area contributed by atoms with Crippen molar-refractivity contribution in [3.63, 3.8) is 0 Å². The molecule has 0 aromatic heterocycles. The summed E-state index contributed by atoms with van der Waals surface area (Å²) in [6.45, 7) is 74.1. The van der Waals surface area contributed by atoms with E-state index in [1.165, 1.54) is 150 Å². The van der Waals surface area contributed by atoms with Crippen LogP contribution >= 0.6 is 0 Å². The van der Waals surface area contributed by atoms with Gasteiger partial charge in [-0.3, -0.25) is 4.90 Å². The minimum Gasteiger partial charge on any atom is -0.379 e. The van der Waals surface area contributed by atoms with Crippen LogP contribution in [0, 0.1) is 35.5 Å². The molecule has 5 fully saturated rings. The largest absolute Gasteiger partial charge is 0.379 e. The van der Waals surface area contributed by atoms with Gasteiger partial charge in [0.15, 0.2) is 0 Å². The van der Waals surface area contributed by atoms with Crippen LogP contribution in [0.25, 0.3) is 0 Å². The number of rotatable bonds is 12. The molecular weight excluding hydrogens is 825 g/mol. The summed E-state index contributed by atoms with van der Waals surface area (Å²) in [6.07, 6.45) is 7.15. The lowest BCUT2D eigenvalue weighted by atomic mass is 10.1. The quantitative estimate of drug-likeness (QED) is 0.206. The molecule has 5 saturated heterocycles. The number of nitrogens with one attached hydrogen (secondary N) is 1. The predicted octanol–water partition coefficient (Wildman–Crippen LogP) is 12.6. The lowest BCUT2D eigenvalue weighted by molar-refractivity contribution is 0.0329. The first-order valence-electron chi connectivity index (χ1n) is 29.2. The number of hydrogen-bond donors (Lipinski definition) is 1. The summed E-state index contributed by atoms with van der Waals surface area (Å²) in [5, 5.41) is 3.35. The van der Waals surface area contributed by atoms with Crippen molar-refractivity contribution in [1.82, 2.24) is 39.6 Å². The second-order valence-corrected chi connectivity index (χ2v) is 20.6. The number of likely N-dealkylation sites (N-methyl/N-ethyl adjacent to an activating group) is 1. The molecule has 5 rings (SSSR count). The average Bonchev–Trinajstić information content (AvgIpc) is 3.81. The van der Waals surface area contributed by atoms with E-state index in [0.29, 0.717) is 0 Å². The zero-order valence-corrected chi connectivity index (χ0v) is 51.6. The maximum Gasteiger partial charge on any atom is 0.0594 e. The third-order valence-corrected chi connectivity index (χ3v) is 10.4. The summed E-state index contributed by atoms with van der Waals surface area (Å²) in [5.41, 5.74) is 0. The van der Waals surface area contributed by atoms with Gasteiger partial charge in [-0.05, 0) is 115 Å². The summed E-state index contributed by atoms with van der Waals surface area (Å²) < 4.78 is 5.24. The molecule has 0 bridgehead atoms. The Bertz CT molecular complexity index is 762. The van der Waals surface area contributed by atoms with Crippen LogP contribution in [0.4, 0.5) is 0 Å². The molecule has 1 N–H and O–H groups in total. The number of likely N-dealkylation sites (tertiary alicyclic amines) is 2. The van der Waals surface area contributed by atoms with Gasteiger partial charge in [-0.2, -0.15) is 0 Å². The predicted molar refractivity (Wildman–Crippen MR) is 311 cm³/mol. The maximum absolute atomic E-state index is 5.24. The van der Waals surface area contributed by atoms with Crippen molar-refractivity contribution in [2.45, 2.75) is 184 Å². The third kappa shape index (κ3) is 63.6. The maximum atomic E-state index is 5.24. The number of ether oxygens (including phenoxy) is 1. The Labute approximate surface area is 428 Å². The van der Waals surface area contributed by atoms with E-state index in [1.54, 1.807) is 0 Å². The molecule has 0 atom stereocenters. The fourth-order valence-electron chi connectivity index (χ4n) is 8.13. The summed E-state index contributed by atoms with van der Waals surface area (Å²) in [4.78, 5) is 17.3. The summed E-state index contributed by atoms with van der Waals surface area (Å²) in [5.74, 6) is 4.92. The van der Waals surface area contributed by atoms with E-state index in [0.717, 1.165) is 61.8 Å². The van der Waals surface area contributed by atoms with Crippen LogP contribution in [0.15, 0.2) is 0 Å². The van der Waals surface area contributed by atoms with Gasteiger partial charge in [0, 0.05) is 98.2 Å². The van der Waals surface area contributed by atoms with Crippen LogP contribution in [-0.4, -0.2) is 200 Å². The molecule has 5 aliphatic rings. The molecule has 9 heteroatoms. The zero-order chi connectivity index (χ0) is 53.0. The Morgan fingerprint density at radius 1 is 0.358 bits per heavy atom. The molecular formula is C58H136N8O. The van der Waals surface area contributed by atoms with Gasteiger partial charge in [-0.25, -0.2) is 0 Å². The molecule has 5 heterocycles. The van der Waals surface area contributed by atoms with E-state index in [4.69, 9.17) is 4.74 Å². The van der Waals surface area contributed by atoms with Crippen LogP contribution in [0.2, 0.25) is 0 Å². The molecule has 0 aromatic rings. The number of piperazine rings is 2. The number of hydrogen-bond acceptors (Lipinski definition) is 9. The zero-order valence-electron chi connectivity index (χ0n) is 51.6. The van der Waals surface area contributed by atoms with Gasteiger partial charge >= 0.3 is 0 Å². The Morgan fingerprint density at radius 3 is 0.896 bits per heavy atom. The minimum absolute atomic E-state index is 0.790. The highest BCUT2D eigenvalue weighted by Gasteiger charge is 2.15. The highest BCUT2D eigenvalue weighted by Crippen LogP contribution is 2.11. The van der Waals surface area contributed by atoms with E-state index in [9.17, 15) is 0 Å². The molecule has 0 saturated carbocycles. The van der Waals surface area contributed by atoms with E-state index < -0.39 is 0 Å². The molecule has 0 amide bonds. The van der Waals surface area contributed by atoms with Gasteiger partial charge in [0.25, 0.3) is 0 Å². The van der Waals surface area contributed by atoms with Crippen LogP contribution in [0.1, 0.15) is 184 Å². The Kier molecular flexibility index (Phi) is 69.9. The first-order chi connectivity index (χ1) is 32.0. The lowest BCUT2D eigenvalue weighted by Gasteiger charge is -2.33. The fraction of sp³-hybridized carbons (Fsp3) is 1.00. The normalized spacial score (nSPS) is 18.1. The first-order valence-corrected chi connectivity index (χ1v) is 29.2. The monoisotopic (exact) mass is 961 g/mol. The number of piperidine rings is 1. The van der Waals surface area contributed by atoms with Crippen molar-refractivity contribution >= 4 is 0 Å². The van der Waals surface area contributed by atoms with E-state index in [2.05, 4.69) is 144 Å². The minimum atomic E-state index is 0.790. The van der Waals surface area contributed by atoms with Crippen LogP contribution in [0.5, 0.6) is 0 Å². The topological polar surface area (TPSA) is 43.9 Å². The molecule has 0 spiro atoms. The summed E-state index contributed by atoms with van der Waals surface area (Å²) in [6, 6.07) is 0. The molecule has 414 valence electrons. The molecule has 9 nitrogen and oxygen atoms in total. The second-order valence-electron chi connectivity index (χ2n) is 20.6. The standard InChI is InChI=1S/C9H20N2.C9H19N.C8H18N2.C8H17NO.C8H17N.C6H15N.5C2H6/c1-9(2)8-11-6-4-10(3)5-7-11;1-9(2)8-10-6-4-3-5-7-10;1-8(2)7-10-5-3-9-4-6-10;1-8(2)7-9-3-5-10-6-4-9;1-8(2)7-9-5-3-4-6-9;1-6(2)5-7(3)4;5*1-2/h9H,4-8H2,1-3H3;9H,3-8H2,1-2H3;8-9H,3-7H2,1-2H3;8H,3-7H2,1-2H3;8H,3-7H2,1-2H3;6H,5H2,1-4H3;5*1-2H3. The smallest absolute Gasteiger partial charge is 0.0594 e. The van der Waals surface area contributed by atoms with Crippen molar-refractivity contribution in [1.29, 1.82) is 0 Å². The highest BCUT2D eigenvalue weighted by molar-refractivity contribution is 4.71. The van der Waals surface area contributed by atoms with Crippen molar-refractivity contribution in [2.75, 3.05) is 165 Å². The van der Waals surface area contributed by atoms with Crippen LogP contribution in [-0.2, 0) is 4.74 Å². The van der Waals surface area contributed by atoms with E-state index in [1.807, 2.05) is 69.2 Å². The second kappa shape index (κ2) is 59.9. The van der Waals surface area contributed by atoms with Crippen molar-refractivity contribution in [3.05, 3.63) is 0 Å². The molecule has 0 radical (unpaired) electrons. The average molecular weight is 962 g/mol. The van der Waals surface area contributed by atoms with Gasteiger partial charge in [-0.15, -0.1) is 0 Å². The summed E-state index contributed by atoms with van der Waals surface area (Å²) >= 11 is 0. The lowest BCUT2D eigenvalue weighted by Crippen LogP contribution is -2.45. The molecule has 0 aliphatic carbocycles. The van der Waals surface area contributed by atoms with Gasteiger partial charge in [0.05, 0.1) is 13.2 Å². The van der Waals surface area contributed by atoms with E-state index in [-0.39, 0.29) is 0 Å². The SMILES string of the molecule is CC.CC.CC.CC.CC.CC(C)CN(C)C.CC(C)CN1CCCC1.CC(C)CN1CCCCC1.CC(C)CN1CCN(C)CC1.CC(C)CN1CCNCC1.CC(C)CN1CCOCC1. The molecule has 67 heavy (non-hydrogen) atoms. The summed E-state index contributed by atoms with van der Waals surface area (Å²) in [7, 11) is 6.40. The van der Waals surface area contributed by atoms with Gasteiger partial charge in [-0.1, -0.05) is 159 Å². The molecule has 0 aromatic carbocycles. The van der Waals surface area contributed by atoms with Crippen molar-refractivity contribution in [3.8, 4) is 0 Å². The number of morpholine rings is 1. The van der Waals surface area contributed by atoms with Crippen LogP contribution < -0.4 is 5.32 Å². The van der Waals surface area contributed by atoms with Gasteiger partial charge in [0.1, 0.15) is 0 Å². The molecule has 0 unspecified atom stereocenters. The Hall–Kier alpha value is -0.360. The Morgan fingerprint density at radius 2 is 0.627 bits per heavy atom. The third-order valence-electron chi connectivity index (χ3n) is 10.4. The fourth-order valence-corrected chi connectivity index (χ4v) is 8.13. The van der Waals surface area contributed by atoms with Crippen molar-refractivity contribution in [2.24, 2.45) is 35.5 Å². The number of nitrogens with zero attached hydrogens (tertiary/aromatic N) is 7. The van der Waals surface area contributed by atoms with E-state index >= 15 is 0 Å². The van der Waals surface area contributed by atoms with Crippen LogP contribution in [0.3, 0.4) is 0 Å².